The van der Waals surface area contributed by atoms with Crippen molar-refractivity contribution in [2.75, 3.05) is 12.8 Å². The zero-order chi connectivity index (χ0) is 13.0. The molecule has 1 aromatic carbocycles. The number of carbonyl (C=O) groups excluding carboxylic acids is 2. The molecular formula is C11H14ClN3O2. The fraction of sp³-hybridized carbons (Fsp3) is 0.273. The normalized spacial score (nSPS) is 11.7. The molecule has 0 saturated heterocycles. The van der Waals surface area contributed by atoms with E-state index in [0.29, 0.717) is 5.02 Å². The van der Waals surface area contributed by atoms with Crippen molar-refractivity contribution in [1.82, 2.24) is 10.6 Å². The molecule has 0 fully saturated rings. The van der Waals surface area contributed by atoms with Gasteiger partial charge in [0.15, 0.2) is 0 Å². The SMILES string of the molecule is CNC(=O)C(C)NC(=O)c1cccc(Cl)c1N. The topological polar surface area (TPSA) is 84.2 Å². The molecule has 92 valence electrons. The van der Waals surface area contributed by atoms with Crippen LogP contribution in [-0.4, -0.2) is 24.9 Å². The van der Waals surface area contributed by atoms with Gasteiger partial charge in [-0.2, -0.15) is 0 Å². The molecule has 0 radical (unpaired) electrons. The Balaban J connectivity index is 2.84. The van der Waals surface area contributed by atoms with E-state index in [0.717, 1.165) is 0 Å². The third kappa shape index (κ3) is 3.10. The van der Waals surface area contributed by atoms with Crippen LogP contribution in [0.4, 0.5) is 5.69 Å². The second-order valence-electron chi connectivity index (χ2n) is 3.51. The van der Waals surface area contributed by atoms with Gasteiger partial charge in [-0.15, -0.1) is 0 Å². The van der Waals surface area contributed by atoms with Gasteiger partial charge >= 0.3 is 0 Å². The summed E-state index contributed by atoms with van der Waals surface area (Å²) >= 11 is 5.80. The Bertz CT molecular complexity index is 448. The number of nitrogens with one attached hydrogen (secondary N) is 2. The van der Waals surface area contributed by atoms with E-state index in [1.165, 1.54) is 7.05 Å². The van der Waals surface area contributed by atoms with E-state index in [1.54, 1.807) is 25.1 Å². The molecule has 17 heavy (non-hydrogen) atoms. The highest BCUT2D eigenvalue weighted by molar-refractivity contribution is 6.33. The first-order valence-electron chi connectivity index (χ1n) is 5.03. The van der Waals surface area contributed by atoms with Gasteiger partial charge in [-0.1, -0.05) is 17.7 Å². The lowest BCUT2D eigenvalue weighted by Crippen LogP contribution is -2.43. The summed E-state index contributed by atoms with van der Waals surface area (Å²) in [6.07, 6.45) is 0. The summed E-state index contributed by atoms with van der Waals surface area (Å²) in [5, 5.41) is 5.27. The molecule has 1 unspecified atom stereocenters. The first-order chi connectivity index (χ1) is 7.97. The number of hydrogen-bond acceptors (Lipinski definition) is 3. The maximum atomic E-state index is 11.8. The monoisotopic (exact) mass is 255 g/mol. The van der Waals surface area contributed by atoms with Crippen molar-refractivity contribution in [2.24, 2.45) is 0 Å². The highest BCUT2D eigenvalue weighted by Gasteiger charge is 2.17. The van der Waals surface area contributed by atoms with Crippen LogP contribution in [0.2, 0.25) is 5.02 Å². The van der Waals surface area contributed by atoms with E-state index in [-0.39, 0.29) is 17.2 Å². The van der Waals surface area contributed by atoms with Crippen molar-refractivity contribution in [3.63, 3.8) is 0 Å². The Labute approximate surface area is 104 Å². The largest absolute Gasteiger partial charge is 0.397 e. The lowest BCUT2D eigenvalue weighted by atomic mass is 10.1. The standard InChI is InChI=1S/C11H14ClN3O2/c1-6(10(16)14-2)15-11(17)7-4-3-5-8(12)9(7)13/h3-6H,13H2,1-2H3,(H,14,16)(H,15,17). The minimum Gasteiger partial charge on any atom is -0.397 e. The number of nitrogens with two attached hydrogens (primary N) is 1. The van der Waals surface area contributed by atoms with Gasteiger partial charge < -0.3 is 16.4 Å². The molecule has 0 aromatic heterocycles. The maximum absolute atomic E-state index is 11.8. The maximum Gasteiger partial charge on any atom is 0.254 e. The van der Waals surface area contributed by atoms with Crippen LogP contribution >= 0.6 is 11.6 Å². The molecule has 6 heteroatoms. The number of nitrogen functional groups attached to an aromatic ring is 1. The first kappa shape index (κ1) is 13.3. The summed E-state index contributed by atoms with van der Waals surface area (Å²) in [7, 11) is 1.50. The third-order valence-corrected chi connectivity index (χ3v) is 2.61. The van der Waals surface area contributed by atoms with Gasteiger partial charge in [0.25, 0.3) is 5.91 Å². The fourth-order valence-corrected chi connectivity index (χ4v) is 1.47. The zero-order valence-electron chi connectivity index (χ0n) is 9.58. The minimum absolute atomic E-state index is 0.204. The van der Waals surface area contributed by atoms with E-state index in [2.05, 4.69) is 10.6 Å². The average molecular weight is 256 g/mol. The first-order valence-corrected chi connectivity index (χ1v) is 5.41. The molecule has 0 aliphatic rings. The summed E-state index contributed by atoms with van der Waals surface area (Å²) in [6.45, 7) is 1.58. The summed E-state index contributed by atoms with van der Waals surface area (Å²) < 4.78 is 0. The van der Waals surface area contributed by atoms with Gasteiger partial charge in [-0.05, 0) is 19.1 Å². The van der Waals surface area contributed by atoms with Crippen LogP contribution < -0.4 is 16.4 Å². The third-order valence-electron chi connectivity index (χ3n) is 2.28. The highest BCUT2D eigenvalue weighted by Crippen LogP contribution is 2.22. The average Bonchev–Trinajstić information content (AvgIpc) is 2.31. The molecule has 0 aliphatic carbocycles. The predicted molar refractivity (Wildman–Crippen MR) is 66.9 cm³/mol. The number of hydrogen-bond donors (Lipinski definition) is 3. The molecule has 0 spiro atoms. The summed E-state index contributed by atoms with van der Waals surface area (Å²) in [6, 6.07) is 4.13. The second-order valence-corrected chi connectivity index (χ2v) is 3.92. The Hall–Kier alpha value is -1.75. The number of benzene rings is 1. The molecule has 0 aliphatic heterocycles. The number of amides is 2. The van der Waals surface area contributed by atoms with Crippen LogP contribution in [0.5, 0.6) is 0 Å². The Morgan fingerprint density at radius 2 is 2.06 bits per heavy atom. The van der Waals surface area contributed by atoms with E-state index in [4.69, 9.17) is 17.3 Å². The lowest BCUT2D eigenvalue weighted by Gasteiger charge is -2.13. The van der Waals surface area contributed by atoms with Gasteiger partial charge in [-0.25, -0.2) is 0 Å². The molecule has 1 aromatic rings. The molecule has 1 atom stereocenters. The number of para-hydroxylation sites is 1. The van der Waals surface area contributed by atoms with E-state index < -0.39 is 11.9 Å². The van der Waals surface area contributed by atoms with Crippen molar-refractivity contribution < 1.29 is 9.59 Å². The smallest absolute Gasteiger partial charge is 0.254 e. The van der Waals surface area contributed by atoms with Gasteiger partial charge in [0.1, 0.15) is 6.04 Å². The summed E-state index contributed by atoms with van der Waals surface area (Å²) in [4.78, 5) is 23.1. The van der Waals surface area contributed by atoms with Gasteiger partial charge in [0.05, 0.1) is 16.3 Å². The van der Waals surface area contributed by atoms with Crippen LogP contribution in [0.1, 0.15) is 17.3 Å². The Morgan fingerprint density at radius 3 is 2.65 bits per heavy atom. The van der Waals surface area contributed by atoms with Crippen LogP contribution in [-0.2, 0) is 4.79 Å². The molecule has 1 rings (SSSR count). The fourth-order valence-electron chi connectivity index (χ4n) is 1.29. The quantitative estimate of drug-likeness (QED) is 0.698. The van der Waals surface area contributed by atoms with E-state index in [1.807, 2.05) is 0 Å². The molecule has 0 bridgehead atoms. The van der Waals surface area contributed by atoms with Gasteiger partial charge in [0, 0.05) is 7.05 Å². The minimum atomic E-state index is -0.633. The van der Waals surface area contributed by atoms with Crippen molar-refractivity contribution in [1.29, 1.82) is 0 Å². The number of likely N-dealkylation sites (N-methyl/N-ethyl adjacent to an activating group) is 1. The van der Waals surface area contributed by atoms with E-state index >= 15 is 0 Å². The molecule has 0 saturated carbocycles. The van der Waals surface area contributed by atoms with Crippen molar-refractivity contribution >= 4 is 29.1 Å². The zero-order valence-corrected chi connectivity index (χ0v) is 10.3. The number of anilines is 1. The van der Waals surface area contributed by atoms with Gasteiger partial charge in [-0.3, -0.25) is 9.59 Å². The van der Waals surface area contributed by atoms with Crippen molar-refractivity contribution in [2.45, 2.75) is 13.0 Å². The Kier molecular flexibility index (Phi) is 4.34. The lowest BCUT2D eigenvalue weighted by molar-refractivity contribution is -0.122. The molecule has 5 nitrogen and oxygen atoms in total. The van der Waals surface area contributed by atoms with Crippen molar-refractivity contribution in [3.8, 4) is 0 Å². The predicted octanol–water partition coefficient (Wildman–Crippen LogP) is 0.786. The number of rotatable bonds is 3. The Morgan fingerprint density at radius 1 is 1.41 bits per heavy atom. The summed E-state index contributed by atoms with van der Waals surface area (Å²) in [5.74, 6) is -0.708. The van der Waals surface area contributed by atoms with E-state index in [9.17, 15) is 9.59 Å². The van der Waals surface area contributed by atoms with Gasteiger partial charge in [0.2, 0.25) is 5.91 Å². The van der Waals surface area contributed by atoms with Crippen LogP contribution in [0.3, 0.4) is 0 Å². The van der Waals surface area contributed by atoms with Crippen molar-refractivity contribution in [3.05, 3.63) is 28.8 Å². The van der Waals surface area contributed by atoms with Crippen LogP contribution in [0.25, 0.3) is 0 Å². The molecule has 0 heterocycles. The molecular weight excluding hydrogens is 242 g/mol. The highest BCUT2D eigenvalue weighted by atomic mass is 35.5. The van der Waals surface area contributed by atoms with Crippen LogP contribution in [0, 0.1) is 0 Å². The number of carbonyl (C=O) groups is 2. The molecule has 2 amide bonds. The second kappa shape index (κ2) is 5.54. The summed E-state index contributed by atoms with van der Waals surface area (Å²) in [5.41, 5.74) is 6.14. The van der Waals surface area contributed by atoms with Crippen LogP contribution in [0.15, 0.2) is 18.2 Å². The molecule has 4 N–H and O–H groups in total. The number of halogens is 1.